The van der Waals surface area contributed by atoms with Crippen molar-refractivity contribution in [2.75, 3.05) is 11.9 Å². The van der Waals surface area contributed by atoms with Gasteiger partial charge in [-0.1, -0.05) is 19.4 Å². The monoisotopic (exact) mass is 237 g/mol. The van der Waals surface area contributed by atoms with Crippen LogP contribution < -0.4 is 10.6 Å². The van der Waals surface area contributed by atoms with Crippen LogP contribution in [0.4, 0.5) is 16.2 Å². The molecular formula is C11H15N3O3. The first-order valence-corrected chi connectivity index (χ1v) is 5.42. The molecule has 0 aliphatic carbocycles. The summed E-state index contributed by atoms with van der Waals surface area (Å²) < 4.78 is 0. The molecule has 0 aromatic heterocycles. The molecule has 2 N–H and O–H groups in total. The summed E-state index contributed by atoms with van der Waals surface area (Å²) in [6.45, 7) is 2.62. The van der Waals surface area contributed by atoms with Crippen LogP contribution in [0.3, 0.4) is 0 Å². The van der Waals surface area contributed by atoms with E-state index in [9.17, 15) is 14.9 Å². The second kappa shape index (κ2) is 6.47. The molecule has 0 heterocycles. The number of rotatable bonds is 5. The molecule has 2 amide bonds. The highest BCUT2D eigenvalue weighted by Gasteiger charge is 2.07. The summed E-state index contributed by atoms with van der Waals surface area (Å²) in [5.41, 5.74) is 0.365. The quantitative estimate of drug-likeness (QED) is 0.468. The van der Waals surface area contributed by atoms with Gasteiger partial charge in [0.2, 0.25) is 0 Å². The molecule has 6 heteroatoms. The number of benzene rings is 1. The van der Waals surface area contributed by atoms with Crippen LogP contribution in [0.25, 0.3) is 0 Å². The van der Waals surface area contributed by atoms with Crippen molar-refractivity contribution in [1.29, 1.82) is 0 Å². The lowest BCUT2D eigenvalue weighted by Gasteiger charge is -2.06. The van der Waals surface area contributed by atoms with Crippen LogP contribution in [-0.2, 0) is 0 Å². The van der Waals surface area contributed by atoms with E-state index < -0.39 is 4.92 Å². The lowest BCUT2D eigenvalue weighted by Crippen LogP contribution is -2.29. The molecule has 0 aliphatic rings. The Morgan fingerprint density at radius 3 is 2.88 bits per heavy atom. The molecule has 6 nitrogen and oxygen atoms in total. The first kappa shape index (κ1) is 13.0. The molecule has 1 rings (SSSR count). The number of unbranched alkanes of at least 4 members (excludes halogenated alkanes) is 1. The van der Waals surface area contributed by atoms with Gasteiger partial charge in [-0.2, -0.15) is 0 Å². The number of nitrogens with zero attached hydrogens (tertiary/aromatic N) is 1. The highest BCUT2D eigenvalue weighted by Crippen LogP contribution is 2.16. The van der Waals surface area contributed by atoms with E-state index in [-0.39, 0.29) is 11.7 Å². The minimum Gasteiger partial charge on any atom is -0.338 e. The van der Waals surface area contributed by atoms with Crippen molar-refractivity contribution >= 4 is 17.4 Å². The number of carbonyl (C=O) groups is 1. The summed E-state index contributed by atoms with van der Waals surface area (Å²) in [5, 5.41) is 15.7. The summed E-state index contributed by atoms with van der Waals surface area (Å²) >= 11 is 0. The Morgan fingerprint density at radius 2 is 2.24 bits per heavy atom. The molecule has 0 saturated carbocycles. The highest BCUT2D eigenvalue weighted by molar-refractivity contribution is 5.89. The highest BCUT2D eigenvalue weighted by atomic mass is 16.6. The fourth-order valence-corrected chi connectivity index (χ4v) is 1.25. The first-order chi connectivity index (χ1) is 8.13. The van der Waals surface area contributed by atoms with Crippen LogP contribution in [0.5, 0.6) is 0 Å². The molecule has 0 unspecified atom stereocenters. The third-order valence-electron chi connectivity index (χ3n) is 2.13. The zero-order chi connectivity index (χ0) is 12.7. The zero-order valence-electron chi connectivity index (χ0n) is 9.60. The lowest BCUT2D eigenvalue weighted by atomic mass is 10.3. The number of amides is 2. The summed E-state index contributed by atoms with van der Waals surface area (Å²) in [5.74, 6) is 0. The number of nitro benzene ring substituents is 1. The molecule has 17 heavy (non-hydrogen) atoms. The van der Waals surface area contributed by atoms with Crippen LogP contribution in [0.2, 0.25) is 0 Å². The number of nitro groups is 1. The van der Waals surface area contributed by atoms with Crippen molar-refractivity contribution in [1.82, 2.24) is 5.32 Å². The third kappa shape index (κ3) is 4.50. The van der Waals surface area contributed by atoms with Gasteiger partial charge in [-0.15, -0.1) is 0 Å². The van der Waals surface area contributed by atoms with E-state index in [0.29, 0.717) is 12.2 Å². The van der Waals surface area contributed by atoms with Crippen LogP contribution in [0, 0.1) is 10.1 Å². The Kier molecular flexibility index (Phi) is 4.93. The van der Waals surface area contributed by atoms with Gasteiger partial charge in [-0.3, -0.25) is 10.1 Å². The Morgan fingerprint density at radius 1 is 1.47 bits per heavy atom. The summed E-state index contributed by atoms with van der Waals surface area (Å²) in [7, 11) is 0. The molecule has 1 aromatic carbocycles. The Labute approximate surface area is 99.2 Å². The largest absolute Gasteiger partial charge is 0.338 e. The molecule has 0 atom stereocenters. The molecule has 0 radical (unpaired) electrons. The predicted octanol–water partition coefficient (Wildman–Crippen LogP) is 2.52. The zero-order valence-corrected chi connectivity index (χ0v) is 9.60. The molecule has 0 bridgehead atoms. The maximum absolute atomic E-state index is 11.4. The fourth-order valence-electron chi connectivity index (χ4n) is 1.25. The maximum atomic E-state index is 11.4. The summed E-state index contributed by atoms with van der Waals surface area (Å²) in [6.07, 6.45) is 1.90. The number of nitrogens with one attached hydrogen (secondary N) is 2. The summed E-state index contributed by atoms with van der Waals surface area (Å²) in [4.78, 5) is 21.4. The molecule has 0 saturated heterocycles. The molecule has 0 spiro atoms. The normalized spacial score (nSPS) is 9.71. The predicted molar refractivity (Wildman–Crippen MR) is 65.0 cm³/mol. The van der Waals surface area contributed by atoms with Gasteiger partial charge in [-0.25, -0.2) is 4.79 Å². The van der Waals surface area contributed by atoms with Gasteiger partial charge in [0.25, 0.3) is 5.69 Å². The lowest BCUT2D eigenvalue weighted by molar-refractivity contribution is -0.384. The molecule has 0 aliphatic heterocycles. The number of non-ortho nitro benzene ring substituents is 1. The van der Waals surface area contributed by atoms with E-state index in [2.05, 4.69) is 10.6 Å². The fraction of sp³-hybridized carbons (Fsp3) is 0.364. The maximum Gasteiger partial charge on any atom is 0.319 e. The average molecular weight is 237 g/mol. The number of carbonyl (C=O) groups excluding carboxylic acids is 1. The van der Waals surface area contributed by atoms with Crippen molar-refractivity contribution in [2.45, 2.75) is 19.8 Å². The van der Waals surface area contributed by atoms with Gasteiger partial charge in [0.1, 0.15) is 0 Å². The SMILES string of the molecule is CCCCNC(=O)Nc1cccc([N+](=O)[O-])c1. The molecule has 0 fully saturated rings. The molecule has 1 aromatic rings. The van der Waals surface area contributed by atoms with Gasteiger partial charge in [0.05, 0.1) is 4.92 Å². The van der Waals surface area contributed by atoms with E-state index in [0.717, 1.165) is 12.8 Å². The van der Waals surface area contributed by atoms with Crippen LogP contribution >= 0.6 is 0 Å². The van der Waals surface area contributed by atoms with Crippen molar-refractivity contribution in [2.24, 2.45) is 0 Å². The van der Waals surface area contributed by atoms with Crippen LogP contribution in [0.15, 0.2) is 24.3 Å². The number of hydrogen-bond donors (Lipinski definition) is 2. The molecular weight excluding hydrogens is 222 g/mol. The van der Waals surface area contributed by atoms with Crippen molar-refractivity contribution < 1.29 is 9.72 Å². The Bertz CT molecular complexity index is 407. The van der Waals surface area contributed by atoms with E-state index in [1.807, 2.05) is 6.92 Å². The second-order valence-electron chi connectivity index (χ2n) is 3.54. The van der Waals surface area contributed by atoms with Crippen molar-refractivity contribution in [3.8, 4) is 0 Å². The number of anilines is 1. The molecule has 92 valence electrons. The smallest absolute Gasteiger partial charge is 0.319 e. The van der Waals surface area contributed by atoms with Crippen LogP contribution in [-0.4, -0.2) is 17.5 Å². The standard InChI is InChI=1S/C11H15N3O3/c1-2-3-7-12-11(15)13-9-5-4-6-10(8-9)14(16)17/h4-6,8H,2-3,7H2,1H3,(H2,12,13,15). The van der Waals surface area contributed by atoms with Gasteiger partial charge < -0.3 is 10.6 Å². The minimum atomic E-state index is -0.500. The van der Waals surface area contributed by atoms with E-state index in [1.165, 1.54) is 18.2 Å². The van der Waals surface area contributed by atoms with Crippen LogP contribution in [0.1, 0.15) is 19.8 Å². The number of hydrogen-bond acceptors (Lipinski definition) is 3. The van der Waals surface area contributed by atoms with Gasteiger partial charge in [-0.05, 0) is 12.5 Å². The minimum absolute atomic E-state index is 0.0450. The van der Waals surface area contributed by atoms with Gasteiger partial charge >= 0.3 is 6.03 Å². The van der Waals surface area contributed by atoms with E-state index in [4.69, 9.17) is 0 Å². The van der Waals surface area contributed by atoms with Gasteiger partial charge in [0.15, 0.2) is 0 Å². The Hall–Kier alpha value is -2.11. The van der Waals surface area contributed by atoms with Crippen molar-refractivity contribution in [3.05, 3.63) is 34.4 Å². The Balaban J connectivity index is 2.53. The number of urea groups is 1. The average Bonchev–Trinajstić information content (AvgIpc) is 2.29. The van der Waals surface area contributed by atoms with E-state index >= 15 is 0 Å². The van der Waals surface area contributed by atoms with Gasteiger partial charge in [0, 0.05) is 24.4 Å². The van der Waals surface area contributed by atoms with Crippen molar-refractivity contribution in [3.63, 3.8) is 0 Å². The third-order valence-corrected chi connectivity index (χ3v) is 2.13. The topological polar surface area (TPSA) is 84.3 Å². The van der Waals surface area contributed by atoms with E-state index in [1.54, 1.807) is 6.07 Å². The first-order valence-electron chi connectivity index (χ1n) is 5.42. The second-order valence-corrected chi connectivity index (χ2v) is 3.54. The summed E-state index contributed by atoms with van der Waals surface area (Å²) in [6, 6.07) is 5.48.